The zero-order valence-electron chi connectivity index (χ0n) is 13.4. The zero-order chi connectivity index (χ0) is 18.0. The third kappa shape index (κ3) is 3.55. The van der Waals surface area contributed by atoms with Crippen LogP contribution in [0.4, 0.5) is 8.78 Å². The number of H-pyrrole nitrogens is 1. The van der Waals surface area contributed by atoms with Gasteiger partial charge in [0.1, 0.15) is 17.5 Å². The number of nitrogens with zero attached hydrogens (tertiary/aromatic N) is 2. The molecule has 0 radical (unpaired) electrons. The Hall–Kier alpha value is -3.09. The number of hydrogen-bond acceptors (Lipinski definition) is 3. The van der Waals surface area contributed by atoms with Crippen LogP contribution in [0.25, 0.3) is 10.9 Å². The first kappa shape index (κ1) is 16.8. The Morgan fingerprint density at radius 3 is 2.52 bits per heavy atom. The number of halogens is 2. The molecule has 0 atom stereocenters. The maximum atomic E-state index is 13.3. The minimum atomic E-state index is -0.823. The molecule has 0 aliphatic heterocycles. The third-order valence-corrected chi connectivity index (χ3v) is 3.78. The van der Waals surface area contributed by atoms with Gasteiger partial charge in [0, 0.05) is 18.2 Å². The van der Waals surface area contributed by atoms with Crippen molar-refractivity contribution in [2.75, 3.05) is 6.54 Å². The molecule has 1 heterocycles. The van der Waals surface area contributed by atoms with Gasteiger partial charge in [-0.05, 0) is 31.2 Å². The summed E-state index contributed by atoms with van der Waals surface area (Å²) in [6.07, 6.45) is 0. The number of carbonyl (C=O) groups is 1. The Balaban J connectivity index is 1.92. The third-order valence-electron chi connectivity index (χ3n) is 3.78. The molecule has 7 heteroatoms. The average molecular weight is 343 g/mol. The van der Waals surface area contributed by atoms with Gasteiger partial charge in [0.05, 0.1) is 17.4 Å². The predicted octanol–water partition coefficient (Wildman–Crippen LogP) is 2.86. The van der Waals surface area contributed by atoms with Crippen molar-refractivity contribution in [3.8, 4) is 0 Å². The van der Waals surface area contributed by atoms with Crippen LogP contribution in [0.3, 0.4) is 0 Å². The van der Waals surface area contributed by atoms with E-state index in [1.165, 1.54) is 4.90 Å². The lowest BCUT2D eigenvalue weighted by Crippen LogP contribution is -2.32. The number of amides is 1. The molecule has 5 nitrogen and oxygen atoms in total. The van der Waals surface area contributed by atoms with Crippen LogP contribution in [0.2, 0.25) is 0 Å². The summed E-state index contributed by atoms with van der Waals surface area (Å²) in [4.78, 5) is 32.9. The van der Waals surface area contributed by atoms with Crippen LogP contribution >= 0.6 is 0 Å². The lowest BCUT2D eigenvalue weighted by atomic mass is 10.2. The summed E-state index contributed by atoms with van der Waals surface area (Å²) in [5, 5.41) is 0.452. The molecule has 3 aromatic rings. The van der Waals surface area contributed by atoms with Crippen molar-refractivity contribution in [2.24, 2.45) is 0 Å². The summed E-state index contributed by atoms with van der Waals surface area (Å²) in [6, 6.07) is 9.51. The Kier molecular flexibility index (Phi) is 4.56. The average Bonchev–Trinajstić information content (AvgIpc) is 2.58. The van der Waals surface area contributed by atoms with Gasteiger partial charge in [-0.15, -0.1) is 0 Å². The SMILES string of the molecule is CCN(Cc1nc2ccccc2c(=O)[nH]1)C(=O)c1cc(F)cc(F)c1. The van der Waals surface area contributed by atoms with E-state index in [2.05, 4.69) is 9.97 Å². The van der Waals surface area contributed by atoms with Crippen molar-refractivity contribution in [1.82, 2.24) is 14.9 Å². The number of carbonyl (C=O) groups excluding carboxylic acids is 1. The molecule has 1 aromatic heterocycles. The van der Waals surface area contributed by atoms with E-state index < -0.39 is 17.5 Å². The minimum Gasteiger partial charge on any atom is -0.331 e. The van der Waals surface area contributed by atoms with Crippen LogP contribution in [-0.4, -0.2) is 27.3 Å². The number of hydrogen-bond donors (Lipinski definition) is 1. The fourth-order valence-electron chi connectivity index (χ4n) is 2.58. The molecule has 0 aliphatic rings. The fraction of sp³-hybridized carbons (Fsp3) is 0.167. The van der Waals surface area contributed by atoms with Gasteiger partial charge in [-0.1, -0.05) is 12.1 Å². The number of nitrogens with one attached hydrogen (secondary N) is 1. The van der Waals surface area contributed by atoms with E-state index in [0.717, 1.165) is 12.1 Å². The number of benzene rings is 2. The Morgan fingerprint density at radius 2 is 1.84 bits per heavy atom. The quantitative estimate of drug-likeness (QED) is 0.792. The van der Waals surface area contributed by atoms with Gasteiger partial charge in [0.2, 0.25) is 0 Å². The van der Waals surface area contributed by atoms with Gasteiger partial charge >= 0.3 is 0 Å². The number of fused-ring (bicyclic) bond motifs is 1. The molecular weight excluding hydrogens is 328 g/mol. The zero-order valence-corrected chi connectivity index (χ0v) is 13.4. The van der Waals surface area contributed by atoms with Crippen LogP contribution in [0.5, 0.6) is 0 Å². The molecular formula is C18H15F2N3O2. The topological polar surface area (TPSA) is 66.1 Å². The fourth-order valence-corrected chi connectivity index (χ4v) is 2.58. The second-order valence-electron chi connectivity index (χ2n) is 5.51. The molecule has 0 saturated carbocycles. The summed E-state index contributed by atoms with van der Waals surface area (Å²) in [5.41, 5.74) is 0.116. The molecule has 3 rings (SSSR count). The highest BCUT2D eigenvalue weighted by Crippen LogP contribution is 2.13. The predicted molar refractivity (Wildman–Crippen MR) is 89.1 cm³/mol. The van der Waals surface area contributed by atoms with E-state index in [4.69, 9.17) is 0 Å². The van der Waals surface area contributed by atoms with Gasteiger partial charge in [0.15, 0.2) is 0 Å². The van der Waals surface area contributed by atoms with Gasteiger partial charge in [-0.2, -0.15) is 0 Å². The Bertz CT molecular complexity index is 981. The van der Waals surface area contributed by atoms with E-state index in [1.807, 2.05) is 0 Å². The van der Waals surface area contributed by atoms with E-state index in [1.54, 1.807) is 31.2 Å². The summed E-state index contributed by atoms with van der Waals surface area (Å²) < 4.78 is 26.7. The van der Waals surface area contributed by atoms with E-state index in [9.17, 15) is 18.4 Å². The molecule has 25 heavy (non-hydrogen) atoms. The van der Waals surface area contributed by atoms with Crippen LogP contribution < -0.4 is 5.56 Å². The van der Waals surface area contributed by atoms with E-state index in [-0.39, 0.29) is 24.2 Å². The number of rotatable bonds is 4. The minimum absolute atomic E-state index is 0.0214. The van der Waals surface area contributed by atoms with Crippen LogP contribution in [0.15, 0.2) is 47.3 Å². The van der Waals surface area contributed by atoms with Crippen molar-refractivity contribution in [1.29, 1.82) is 0 Å². The summed E-state index contributed by atoms with van der Waals surface area (Å²) >= 11 is 0. The summed E-state index contributed by atoms with van der Waals surface area (Å²) in [5.74, 6) is -1.89. The molecule has 0 saturated heterocycles. The molecule has 1 N–H and O–H groups in total. The first-order chi connectivity index (χ1) is 12.0. The molecule has 128 valence electrons. The number of aromatic amines is 1. The smallest absolute Gasteiger partial charge is 0.258 e. The molecule has 0 fully saturated rings. The second kappa shape index (κ2) is 6.80. The normalized spacial score (nSPS) is 10.8. The largest absolute Gasteiger partial charge is 0.331 e. The maximum absolute atomic E-state index is 13.3. The number of para-hydroxylation sites is 1. The van der Waals surface area contributed by atoms with Crippen molar-refractivity contribution >= 4 is 16.8 Å². The first-order valence-electron chi connectivity index (χ1n) is 7.71. The maximum Gasteiger partial charge on any atom is 0.258 e. The molecule has 0 aliphatic carbocycles. The standard InChI is InChI=1S/C18H15F2N3O2/c1-2-23(18(25)11-7-12(19)9-13(20)8-11)10-16-21-15-6-4-3-5-14(15)17(24)22-16/h3-9H,2,10H2,1H3,(H,21,22,24). The van der Waals surface area contributed by atoms with Gasteiger partial charge < -0.3 is 9.88 Å². The van der Waals surface area contributed by atoms with Gasteiger partial charge in [-0.3, -0.25) is 9.59 Å². The van der Waals surface area contributed by atoms with Crippen molar-refractivity contribution in [2.45, 2.75) is 13.5 Å². The molecule has 0 unspecified atom stereocenters. The van der Waals surface area contributed by atoms with E-state index >= 15 is 0 Å². The highest BCUT2D eigenvalue weighted by atomic mass is 19.1. The highest BCUT2D eigenvalue weighted by molar-refractivity contribution is 5.94. The molecule has 1 amide bonds. The van der Waals surface area contributed by atoms with Gasteiger partial charge in [0.25, 0.3) is 11.5 Å². The van der Waals surface area contributed by atoms with Crippen molar-refractivity contribution in [3.05, 3.63) is 75.8 Å². The molecule has 0 bridgehead atoms. The summed E-state index contributed by atoms with van der Waals surface area (Å²) in [7, 11) is 0. The molecule has 0 spiro atoms. The highest BCUT2D eigenvalue weighted by Gasteiger charge is 2.18. The molecule has 2 aromatic carbocycles. The Morgan fingerprint density at radius 1 is 1.16 bits per heavy atom. The lowest BCUT2D eigenvalue weighted by molar-refractivity contribution is 0.0747. The van der Waals surface area contributed by atoms with Crippen LogP contribution in [0.1, 0.15) is 23.1 Å². The monoisotopic (exact) mass is 343 g/mol. The Labute approximate surface area is 141 Å². The van der Waals surface area contributed by atoms with E-state index in [0.29, 0.717) is 22.8 Å². The van der Waals surface area contributed by atoms with Crippen molar-refractivity contribution < 1.29 is 13.6 Å². The van der Waals surface area contributed by atoms with Crippen LogP contribution in [0, 0.1) is 11.6 Å². The number of aromatic nitrogens is 2. The van der Waals surface area contributed by atoms with Crippen LogP contribution in [-0.2, 0) is 6.54 Å². The summed E-state index contributed by atoms with van der Waals surface area (Å²) in [6.45, 7) is 2.04. The second-order valence-corrected chi connectivity index (χ2v) is 5.51. The van der Waals surface area contributed by atoms with Crippen molar-refractivity contribution in [3.63, 3.8) is 0 Å². The van der Waals surface area contributed by atoms with Gasteiger partial charge in [-0.25, -0.2) is 13.8 Å². The lowest BCUT2D eigenvalue weighted by Gasteiger charge is -2.20. The first-order valence-corrected chi connectivity index (χ1v) is 7.71.